The summed E-state index contributed by atoms with van der Waals surface area (Å²) in [5.41, 5.74) is 1.14. The van der Waals surface area contributed by atoms with Gasteiger partial charge >= 0.3 is 0 Å². The summed E-state index contributed by atoms with van der Waals surface area (Å²) in [5.74, 6) is 1.29. The molecule has 0 fully saturated rings. The third-order valence-electron chi connectivity index (χ3n) is 3.33. The van der Waals surface area contributed by atoms with Gasteiger partial charge in [0, 0.05) is 0 Å². The molecule has 0 saturated heterocycles. The molecule has 2 aromatic heterocycles. The Morgan fingerprint density at radius 1 is 1.33 bits per heavy atom. The maximum Gasteiger partial charge on any atom is 0.261 e. The summed E-state index contributed by atoms with van der Waals surface area (Å²) in [5, 5.41) is 8.57. The molecule has 3 rings (SSSR count). The van der Waals surface area contributed by atoms with Crippen molar-refractivity contribution in [3.8, 4) is 16.5 Å². The SMILES string of the molecule is Cc1ccc(OC(C)C(=O)NCc2nc(-c3cccs3)no2)cc1. The third kappa shape index (κ3) is 3.99. The second kappa shape index (κ2) is 7.27. The van der Waals surface area contributed by atoms with E-state index in [1.807, 2.05) is 48.7 Å². The number of rotatable bonds is 6. The van der Waals surface area contributed by atoms with Gasteiger partial charge in [0.2, 0.25) is 11.7 Å². The molecular weight excluding hydrogens is 326 g/mol. The standard InChI is InChI=1S/C17H17N3O3S/c1-11-5-7-13(8-6-11)22-12(2)17(21)18-10-15-19-16(20-23-15)14-4-3-9-24-14/h3-9,12H,10H2,1-2H3,(H,18,21). The number of hydrogen-bond acceptors (Lipinski definition) is 6. The Kier molecular flexibility index (Phi) is 4.90. The molecule has 0 aliphatic carbocycles. The van der Waals surface area contributed by atoms with Gasteiger partial charge in [-0.25, -0.2) is 0 Å². The van der Waals surface area contributed by atoms with Crippen molar-refractivity contribution in [3.05, 3.63) is 53.2 Å². The van der Waals surface area contributed by atoms with Gasteiger partial charge in [0.25, 0.3) is 5.91 Å². The number of carbonyl (C=O) groups excluding carboxylic acids is 1. The number of benzene rings is 1. The highest BCUT2D eigenvalue weighted by Gasteiger charge is 2.16. The van der Waals surface area contributed by atoms with Crippen molar-refractivity contribution >= 4 is 17.2 Å². The number of hydrogen-bond donors (Lipinski definition) is 1. The van der Waals surface area contributed by atoms with Gasteiger partial charge in [0.15, 0.2) is 6.10 Å². The van der Waals surface area contributed by atoms with Crippen LogP contribution in [0.1, 0.15) is 18.4 Å². The second-order valence-corrected chi connectivity index (χ2v) is 6.23. The van der Waals surface area contributed by atoms with Gasteiger partial charge in [-0.15, -0.1) is 11.3 Å². The lowest BCUT2D eigenvalue weighted by molar-refractivity contribution is -0.127. The number of aromatic nitrogens is 2. The molecule has 0 saturated carbocycles. The maximum atomic E-state index is 12.1. The Bertz CT molecular complexity index is 797. The Morgan fingerprint density at radius 2 is 2.12 bits per heavy atom. The van der Waals surface area contributed by atoms with E-state index in [-0.39, 0.29) is 12.5 Å². The van der Waals surface area contributed by atoms with Crippen molar-refractivity contribution in [1.82, 2.24) is 15.5 Å². The topological polar surface area (TPSA) is 77.2 Å². The highest BCUT2D eigenvalue weighted by atomic mass is 32.1. The number of nitrogens with one attached hydrogen (secondary N) is 1. The fraction of sp³-hybridized carbons (Fsp3) is 0.235. The maximum absolute atomic E-state index is 12.1. The van der Waals surface area contributed by atoms with Gasteiger partial charge in [-0.05, 0) is 37.4 Å². The van der Waals surface area contributed by atoms with Gasteiger partial charge in [-0.1, -0.05) is 28.9 Å². The van der Waals surface area contributed by atoms with Crippen molar-refractivity contribution in [3.63, 3.8) is 0 Å². The zero-order valence-electron chi connectivity index (χ0n) is 13.4. The minimum atomic E-state index is -0.618. The van der Waals surface area contributed by atoms with E-state index in [2.05, 4.69) is 15.5 Å². The number of ether oxygens (including phenoxy) is 1. The van der Waals surface area contributed by atoms with E-state index in [0.717, 1.165) is 10.4 Å². The van der Waals surface area contributed by atoms with E-state index in [1.165, 1.54) is 11.3 Å². The quantitative estimate of drug-likeness (QED) is 0.744. The zero-order valence-corrected chi connectivity index (χ0v) is 14.2. The minimum absolute atomic E-state index is 0.165. The Morgan fingerprint density at radius 3 is 2.83 bits per heavy atom. The van der Waals surface area contributed by atoms with Crippen LogP contribution in [0.15, 0.2) is 46.3 Å². The van der Waals surface area contributed by atoms with E-state index in [0.29, 0.717) is 17.5 Å². The molecule has 0 aliphatic rings. The average molecular weight is 343 g/mol. The first-order valence-corrected chi connectivity index (χ1v) is 8.37. The summed E-state index contributed by atoms with van der Waals surface area (Å²) in [4.78, 5) is 17.3. The first-order valence-electron chi connectivity index (χ1n) is 7.49. The largest absolute Gasteiger partial charge is 0.481 e. The highest BCUT2D eigenvalue weighted by molar-refractivity contribution is 7.13. The lowest BCUT2D eigenvalue weighted by Gasteiger charge is -2.14. The molecule has 6 nitrogen and oxygen atoms in total. The Hall–Kier alpha value is -2.67. The second-order valence-electron chi connectivity index (χ2n) is 5.28. The van der Waals surface area contributed by atoms with E-state index in [1.54, 1.807) is 6.92 Å². The van der Waals surface area contributed by atoms with Crippen LogP contribution in [0.5, 0.6) is 5.75 Å². The van der Waals surface area contributed by atoms with Gasteiger partial charge < -0.3 is 14.6 Å². The van der Waals surface area contributed by atoms with Gasteiger partial charge in [0.05, 0.1) is 11.4 Å². The van der Waals surface area contributed by atoms with Crippen LogP contribution in [0.3, 0.4) is 0 Å². The normalized spacial score (nSPS) is 11.9. The van der Waals surface area contributed by atoms with Crippen molar-refractivity contribution in [2.75, 3.05) is 0 Å². The van der Waals surface area contributed by atoms with Crippen LogP contribution in [-0.4, -0.2) is 22.2 Å². The van der Waals surface area contributed by atoms with Crippen molar-refractivity contribution < 1.29 is 14.1 Å². The molecule has 0 aliphatic heterocycles. The van der Waals surface area contributed by atoms with Crippen molar-refractivity contribution in [1.29, 1.82) is 0 Å². The monoisotopic (exact) mass is 343 g/mol. The molecule has 124 valence electrons. The molecule has 1 atom stereocenters. The first-order chi connectivity index (χ1) is 11.6. The highest BCUT2D eigenvalue weighted by Crippen LogP contribution is 2.21. The van der Waals surface area contributed by atoms with E-state index in [4.69, 9.17) is 9.26 Å². The number of aryl methyl sites for hydroxylation is 1. The van der Waals surface area contributed by atoms with Crippen molar-refractivity contribution in [2.45, 2.75) is 26.5 Å². The molecule has 0 radical (unpaired) electrons. The molecule has 1 aromatic carbocycles. The average Bonchev–Trinajstić information content (AvgIpc) is 3.25. The predicted molar refractivity (Wildman–Crippen MR) is 90.7 cm³/mol. The number of thiophene rings is 1. The smallest absolute Gasteiger partial charge is 0.261 e. The van der Waals surface area contributed by atoms with Crippen LogP contribution in [0.4, 0.5) is 0 Å². The molecule has 1 amide bonds. The van der Waals surface area contributed by atoms with Crippen LogP contribution in [0.25, 0.3) is 10.7 Å². The molecule has 3 aromatic rings. The fourth-order valence-corrected chi connectivity index (χ4v) is 2.66. The molecule has 1 N–H and O–H groups in total. The van der Waals surface area contributed by atoms with Crippen LogP contribution >= 0.6 is 11.3 Å². The number of carbonyl (C=O) groups is 1. The fourth-order valence-electron chi connectivity index (χ4n) is 2.01. The summed E-state index contributed by atoms with van der Waals surface area (Å²) in [6.07, 6.45) is -0.618. The summed E-state index contributed by atoms with van der Waals surface area (Å²) >= 11 is 1.53. The molecular formula is C17H17N3O3S. The van der Waals surface area contributed by atoms with E-state index >= 15 is 0 Å². The molecule has 0 bridgehead atoms. The Balaban J connectivity index is 1.52. The Labute approximate surface area is 143 Å². The number of amides is 1. The predicted octanol–water partition coefficient (Wildman–Crippen LogP) is 3.19. The van der Waals surface area contributed by atoms with Gasteiger partial charge in [0.1, 0.15) is 5.75 Å². The van der Waals surface area contributed by atoms with Crippen LogP contribution < -0.4 is 10.1 Å². The van der Waals surface area contributed by atoms with E-state index in [9.17, 15) is 4.79 Å². The summed E-state index contributed by atoms with van der Waals surface area (Å²) in [6, 6.07) is 11.4. The number of nitrogens with zero attached hydrogens (tertiary/aromatic N) is 2. The molecule has 7 heteroatoms. The molecule has 2 heterocycles. The molecule has 1 unspecified atom stereocenters. The lowest BCUT2D eigenvalue weighted by Crippen LogP contribution is -2.35. The van der Waals surface area contributed by atoms with Gasteiger partial charge in [-0.2, -0.15) is 4.98 Å². The van der Waals surface area contributed by atoms with Gasteiger partial charge in [-0.3, -0.25) is 4.79 Å². The third-order valence-corrected chi connectivity index (χ3v) is 4.19. The first kappa shape index (κ1) is 16.2. The summed E-state index contributed by atoms with van der Waals surface area (Å²) < 4.78 is 10.7. The molecule has 24 heavy (non-hydrogen) atoms. The summed E-state index contributed by atoms with van der Waals surface area (Å²) in [7, 11) is 0. The van der Waals surface area contributed by atoms with Crippen molar-refractivity contribution in [2.24, 2.45) is 0 Å². The molecule has 0 spiro atoms. The minimum Gasteiger partial charge on any atom is -0.481 e. The lowest BCUT2D eigenvalue weighted by atomic mass is 10.2. The van der Waals surface area contributed by atoms with E-state index < -0.39 is 6.10 Å². The zero-order chi connectivity index (χ0) is 16.9. The summed E-state index contributed by atoms with van der Waals surface area (Å²) in [6.45, 7) is 3.85. The van der Waals surface area contributed by atoms with Crippen LogP contribution in [0, 0.1) is 6.92 Å². The van der Waals surface area contributed by atoms with Crippen LogP contribution in [-0.2, 0) is 11.3 Å². The van der Waals surface area contributed by atoms with Crippen LogP contribution in [0.2, 0.25) is 0 Å².